The molecule has 0 N–H and O–H groups in total. The summed E-state index contributed by atoms with van der Waals surface area (Å²) in [5.74, 6) is -0.124. The molecule has 0 bridgehead atoms. The van der Waals surface area contributed by atoms with Gasteiger partial charge in [-0.3, -0.25) is 10.1 Å². The van der Waals surface area contributed by atoms with Crippen molar-refractivity contribution in [2.45, 2.75) is 25.8 Å². The van der Waals surface area contributed by atoms with Gasteiger partial charge in [-0.2, -0.15) is 14.4 Å². The highest BCUT2D eigenvalue weighted by molar-refractivity contribution is 5.43. The third kappa shape index (κ3) is 2.21. The quantitative estimate of drug-likeness (QED) is 0.606. The molecule has 9 heteroatoms. The van der Waals surface area contributed by atoms with Crippen molar-refractivity contribution < 1.29 is 9.85 Å². The fraction of sp³-hybridized carbons (Fsp3) is 0.400. The lowest BCUT2D eigenvalue weighted by molar-refractivity contribution is -0.560. The van der Waals surface area contributed by atoms with Crippen molar-refractivity contribution in [3.05, 3.63) is 44.4 Å². The molecule has 0 spiro atoms. The average molecular weight is 265 g/mol. The Morgan fingerprint density at radius 2 is 2.05 bits per heavy atom. The molecule has 0 radical (unpaired) electrons. The van der Waals surface area contributed by atoms with E-state index >= 15 is 0 Å². The number of aromatic nitrogens is 3. The Morgan fingerprint density at radius 3 is 2.63 bits per heavy atom. The fourth-order valence-electron chi connectivity index (χ4n) is 1.71. The fourth-order valence-corrected chi connectivity index (χ4v) is 1.71. The summed E-state index contributed by atoms with van der Waals surface area (Å²) in [5.41, 5.74) is -1.27. The van der Waals surface area contributed by atoms with Gasteiger partial charge in [0.05, 0.1) is 6.42 Å². The Balaban J connectivity index is 2.57. The minimum absolute atomic E-state index is 0.0606. The SMILES string of the molecule is CC(C)(Cc1nc2ncccn2c1[N+](=O)[O-])[N+](=O)[O-]. The van der Waals surface area contributed by atoms with Crippen molar-refractivity contribution in [3.8, 4) is 0 Å². The Labute approximate surface area is 107 Å². The predicted molar refractivity (Wildman–Crippen MR) is 64.4 cm³/mol. The average Bonchev–Trinajstić information content (AvgIpc) is 2.65. The van der Waals surface area contributed by atoms with Gasteiger partial charge in [-0.05, 0) is 11.0 Å². The monoisotopic (exact) mass is 265 g/mol. The maximum Gasteiger partial charge on any atom is 0.352 e. The van der Waals surface area contributed by atoms with Crippen LogP contribution in [0.4, 0.5) is 5.82 Å². The van der Waals surface area contributed by atoms with Crippen LogP contribution in [0.15, 0.2) is 18.5 Å². The summed E-state index contributed by atoms with van der Waals surface area (Å²) in [7, 11) is 0. The van der Waals surface area contributed by atoms with Gasteiger partial charge in [0.15, 0.2) is 0 Å². The number of nitro groups is 2. The van der Waals surface area contributed by atoms with Gasteiger partial charge in [-0.15, -0.1) is 0 Å². The van der Waals surface area contributed by atoms with Crippen molar-refractivity contribution in [3.63, 3.8) is 0 Å². The Kier molecular flexibility index (Phi) is 2.89. The molecule has 2 aromatic rings. The van der Waals surface area contributed by atoms with Gasteiger partial charge >= 0.3 is 11.6 Å². The highest BCUT2D eigenvalue weighted by Gasteiger charge is 2.36. The van der Waals surface area contributed by atoms with Gasteiger partial charge in [0.25, 0.3) is 0 Å². The Bertz CT molecular complexity index is 663. The number of nitrogens with zero attached hydrogens (tertiary/aromatic N) is 5. The zero-order valence-electron chi connectivity index (χ0n) is 10.3. The van der Waals surface area contributed by atoms with Crippen LogP contribution < -0.4 is 0 Å². The molecule has 19 heavy (non-hydrogen) atoms. The second-order valence-electron chi connectivity index (χ2n) is 4.68. The van der Waals surface area contributed by atoms with Crippen LogP contribution in [0.1, 0.15) is 19.5 Å². The lowest BCUT2D eigenvalue weighted by atomic mass is 9.99. The first-order valence-corrected chi connectivity index (χ1v) is 5.44. The summed E-state index contributed by atoms with van der Waals surface area (Å²) in [6.45, 7) is 2.79. The highest BCUT2D eigenvalue weighted by atomic mass is 16.6. The molecule has 0 aliphatic carbocycles. The van der Waals surface area contributed by atoms with Gasteiger partial charge in [0.1, 0.15) is 11.9 Å². The Hall–Kier alpha value is -2.58. The summed E-state index contributed by atoms with van der Waals surface area (Å²) in [6.07, 6.45) is 2.77. The molecule has 100 valence electrons. The molecule has 0 saturated heterocycles. The third-order valence-corrected chi connectivity index (χ3v) is 2.72. The molecule has 0 aliphatic rings. The molecule has 0 aromatic carbocycles. The van der Waals surface area contributed by atoms with Gasteiger partial charge < -0.3 is 10.1 Å². The Morgan fingerprint density at radius 1 is 1.37 bits per heavy atom. The molecule has 9 nitrogen and oxygen atoms in total. The van der Waals surface area contributed by atoms with E-state index in [1.807, 2.05) is 0 Å². The summed E-state index contributed by atoms with van der Waals surface area (Å²) in [6, 6.07) is 1.53. The van der Waals surface area contributed by atoms with E-state index in [2.05, 4.69) is 9.97 Å². The van der Waals surface area contributed by atoms with Crippen LogP contribution in [-0.2, 0) is 6.42 Å². The zero-order chi connectivity index (χ0) is 14.2. The number of hydrogen-bond donors (Lipinski definition) is 0. The van der Waals surface area contributed by atoms with Crippen molar-refractivity contribution in [1.29, 1.82) is 0 Å². The van der Waals surface area contributed by atoms with Crippen LogP contribution in [0.25, 0.3) is 5.78 Å². The number of rotatable bonds is 4. The topological polar surface area (TPSA) is 116 Å². The standard InChI is InChI=1S/C10H11N5O4/c1-10(2,15(18)19)6-7-8(14(16)17)13-5-3-4-11-9(13)12-7/h3-5H,6H2,1-2H3. The largest absolute Gasteiger partial charge is 0.358 e. The first-order valence-electron chi connectivity index (χ1n) is 5.44. The molecule has 0 aliphatic heterocycles. The van der Waals surface area contributed by atoms with E-state index in [0.29, 0.717) is 0 Å². The van der Waals surface area contributed by atoms with Crippen LogP contribution in [0.3, 0.4) is 0 Å². The highest BCUT2D eigenvalue weighted by Crippen LogP contribution is 2.24. The van der Waals surface area contributed by atoms with E-state index in [9.17, 15) is 20.2 Å². The second-order valence-corrected chi connectivity index (χ2v) is 4.68. The van der Waals surface area contributed by atoms with Crippen LogP contribution in [0, 0.1) is 20.2 Å². The van der Waals surface area contributed by atoms with Crippen molar-refractivity contribution in [1.82, 2.24) is 14.4 Å². The molecule has 0 saturated carbocycles. The van der Waals surface area contributed by atoms with E-state index in [0.717, 1.165) is 0 Å². The third-order valence-electron chi connectivity index (χ3n) is 2.72. The maximum atomic E-state index is 11.1. The summed E-state index contributed by atoms with van der Waals surface area (Å²) in [5, 5.41) is 22.0. The van der Waals surface area contributed by atoms with Crippen LogP contribution >= 0.6 is 0 Å². The van der Waals surface area contributed by atoms with Crippen LogP contribution in [0.5, 0.6) is 0 Å². The van der Waals surface area contributed by atoms with Gasteiger partial charge in [0.2, 0.25) is 5.54 Å². The molecule has 2 heterocycles. The van der Waals surface area contributed by atoms with E-state index in [1.165, 1.54) is 36.7 Å². The molecule has 2 rings (SSSR count). The predicted octanol–water partition coefficient (Wildman–Crippen LogP) is 1.24. The van der Waals surface area contributed by atoms with Gasteiger partial charge in [-0.25, -0.2) is 0 Å². The number of fused-ring (bicyclic) bond motifs is 1. The first-order chi connectivity index (χ1) is 8.83. The van der Waals surface area contributed by atoms with E-state index in [1.54, 1.807) is 0 Å². The van der Waals surface area contributed by atoms with E-state index in [4.69, 9.17) is 0 Å². The summed E-state index contributed by atoms with van der Waals surface area (Å²) in [4.78, 5) is 28.8. The lowest BCUT2D eigenvalue weighted by Crippen LogP contribution is -2.33. The molecule has 0 unspecified atom stereocenters. The van der Waals surface area contributed by atoms with Gasteiger partial charge in [0, 0.05) is 25.0 Å². The van der Waals surface area contributed by atoms with Crippen molar-refractivity contribution >= 4 is 11.6 Å². The number of imidazole rings is 1. The molecule has 0 fully saturated rings. The molecular formula is C10H11N5O4. The summed E-state index contributed by atoms with van der Waals surface area (Å²) < 4.78 is 1.21. The van der Waals surface area contributed by atoms with Crippen LogP contribution in [-0.4, -0.2) is 29.8 Å². The normalized spacial score (nSPS) is 11.7. The maximum absolute atomic E-state index is 11.1. The zero-order valence-corrected chi connectivity index (χ0v) is 10.3. The summed E-state index contributed by atoms with van der Waals surface area (Å²) >= 11 is 0. The second kappa shape index (κ2) is 4.26. The minimum Gasteiger partial charge on any atom is -0.358 e. The first kappa shape index (κ1) is 12.9. The number of hydrogen-bond acceptors (Lipinski definition) is 6. The van der Waals surface area contributed by atoms with Crippen molar-refractivity contribution in [2.75, 3.05) is 0 Å². The molecular weight excluding hydrogens is 254 g/mol. The molecule has 0 amide bonds. The van der Waals surface area contributed by atoms with E-state index < -0.39 is 15.4 Å². The molecule has 0 atom stereocenters. The molecule has 2 aromatic heterocycles. The minimum atomic E-state index is -1.33. The van der Waals surface area contributed by atoms with Crippen molar-refractivity contribution in [2.24, 2.45) is 0 Å². The smallest absolute Gasteiger partial charge is 0.352 e. The van der Waals surface area contributed by atoms with E-state index in [-0.39, 0.29) is 23.7 Å². The lowest BCUT2D eigenvalue weighted by Gasteiger charge is -2.13. The van der Waals surface area contributed by atoms with Crippen LogP contribution in [0.2, 0.25) is 0 Å². The van der Waals surface area contributed by atoms with Gasteiger partial charge in [-0.1, -0.05) is 0 Å².